The van der Waals surface area contributed by atoms with Crippen LogP contribution in [0.3, 0.4) is 0 Å². The first kappa shape index (κ1) is 12.7. The van der Waals surface area contributed by atoms with Gasteiger partial charge in [0, 0.05) is 13.1 Å². The Morgan fingerprint density at radius 1 is 1.62 bits per heavy atom. The van der Waals surface area contributed by atoms with Crippen LogP contribution >= 0.6 is 0 Å². The van der Waals surface area contributed by atoms with E-state index in [1.165, 1.54) is 6.39 Å². The smallest absolute Gasteiger partial charge is 0.307 e. The summed E-state index contributed by atoms with van der Waals surface area (Å²) in [4.78, 5) is 17.2. The molecule has 0 spiro atoms. The number of aromatic nitrogens is 1. The van der Waals surface area contributed by atoms with Crippen molar-refractivity contribution >= 4 is 5.97 Å². The fourth-order valence-electron chi connectivity index (χ4n) is 1.33. The second kappa shape index (κ2) is 6.27. The number of esters is 1. The van der Waals surface area contributed by atoms with Gasteiger partial charge in [-0.2, -0.15) is 0 Å². The summed E-state index contributed by atoms with van der Waals surface area (Å²) in [7, 11) is 1.94. The molecule has 1 aromatic rings. The van der Waals surface area contributed by atoms with E-state index in [4.69, 9.17) is 9.15 Å². The quantitative estimate of drug-likeness (QED) is 0.686. The van der Waals surface area contributed by atoms with Crippen LogP contribution in [0.25, 0.3) is 0 Å². The highest BCUT2D eigenvalue weighted by molar-refractivity contribution is 5.69. The van der Waals surface area contributed by atoms with Gasteiger partial charge in [-0.15, -0.1) is 0 Å². The van der Waals surface area contributed by atoms with Gasteiger partial charge in [-0.05, 0) is 20.9 Å². The molecule has 1 rings (SSSR count). The molecule has 0 saturated heterocycles. The average molecular weight is 226 g/mol. The van der Waals surface area contributed by atoms with Crippen LogP contribution in [0.1, 0.15) is 24.8 Å². The normalized spacial score (nSPS) is 10.8. The number of hydrogen-bond acceptors (Lipinski definition) is 5. The molecule has 0 atom stereocenters. The summed E-state index contributed by atoms with van der Waals surface area (Å²) in [6.45, 7) is 5.46. The van der Waals surface area contributed by atoms with Gasteiger partial charge in [0.25, 0.3) is 0 Å². The molecule has 1 aromatic heterocycles. The van der Waals surface area contributed by atoms with E-state index < -0.39 is 0 Å². The highest BCUT2D eigenvalue weighted by atomic mass is 16.5. The van der Waals surface area contributed by atoms with Gasteiger partial charge in [0.1, 0.15) is 5.76 Å². The lowest BCUT2D eigenvalue weighted by Gasteiger charge is -2.14. The van der Waals surface area contributed by atoms with Gasteiger partial charge in [-0.3, -0.25) is 9.69 Å². The summed E-state index contributed by atoms with van der Waals surface area (Å²) in [6, 6.07) is 0. The van der Waals surface area contributed by atoms with Crippen molar-refractivity contribution in [2.24, 2.45) is 0 Å². The van der Waals surface area contributed by atoms with Gasteiger partial charge in [0.05, 0.1) is 18.7 Å². The zero-order chi connectivity index (χ0) is 12.0. The molecule has 90 valence electrons. The second-order valence-corrected chi connectivity index (χ2v) is 3.65. The third-order valence-corrected chi connectivity index (χ3v) is 2.27. The Kier molecular flexibility index (Phi) is 4.98. The number of rotatable bonds is 6. The van der Waals surface area contributed by atoms with Gasteiger partial charge >= 0.3 is 5.97 Å². The summed E-state index contributed by atoms with van der Waals surface area (Å²) < 4.78 is 9.95. The van der Waals surface area contributed by atoms with Crippen LogP contribution < -0.4 is 0 Å². The fourth-order valence-corrected chi connectivity index (χ4v) is 1.33. The molecule has 5 heteroatoms. The van der Waals surface area contributed by atoms with Crippen LogP contribution in [0.15, 0.2) is 10.8 Å². The van der Waals surface area contributed by atoms with Crippen molar-refractivity contribution < 1.29 is 13.9 Å². The molecule has 0 aliphatic heterocycles. The third-order valence-electron chi connectivity index (χ3n) is 2.27. The highest BCUT2D eigenvalue weighted by Crippen LogP contribution is 2.07. The fraction of sp³-hybridized carbons (Fsp3) is 0.636. The summed E-state index contributed by atoms with van der Waals surface area (Å²) >= 11 is 0. The molecular formula is C11H18N2O3. The first-order valence-electron chi connectivity index (χ1n) is 5.36. The lowest BCUT2D eigenvalue weighted by Crippen LogP contribution is -2.22. The van der Waals surface area contributed by atoms with E-state index in [1.807, 2.05) is 18.9 Å². The molecule has 0 fully saturated rings. The predicted octanol–water partition coefficient (Wildman–Crippen LogP) is 1.37. The molecule has 0 saturated carbocycles. The third kappa shape index (κ3) is 4.02. The maximum absolute atomic E-state index is 11.1. The minimum absolute atomic E-state index is 0.161. The molecule has 1 heterocycles. The molecule has 0 aromatic carbocycles. The molecule has 0 aliphatic rings. The van der Waals surface area contributed by atoms with Crippen LogP contribution in [0.5, 0.6) is 0 Å². The Morgan fingerprint density at radius 3 is 2.94 bits per heavy atom. The van der Waals surface area contributed by atoms with E-state index in [1.54, 1.807) is 6.92 Å². The zero-order valence-electron chi connectivity index (χ0n) is 10.0. The Morgan fingerprint density at radius 2 is 2.38 bits per heavy atom. The predicted molar refractivity (Wildman–Crippen MR) is 58.8 cm³/mol. The van der Waals surface area contributed by atoms with Crippen molar-refractivity contribution in [3.63, 3.8) is 0 Å². The monoisotopic (exact) mass is 226 g/mol. The van der Waals surface area contributed by atoms with Crippen LogP contribution in [0.2, 0.25) is 0 Å². The SMILES string of the molecule is CCOC(=O)CCN(C)Cc1ncoc1C. The van der Waals surface area contributed by atoms with E-state index >= 15 is 0 Å². The molecule has 0 unspecified atom stereocenters. The van der Waals surface area contributed by atoms with E-state index in [0.29, 0.717) is 26.1 Å². The number of nitrogens with zero attached hydrogens (tertiary/aromatic N) is 2. The summed E-state index contributed by atoms with van der Waals surface area (Å²) in [5.74, 6) is 0.661. The Labute approximate surface area is 95.4 Å². The van der Waals surface area contributed by atoms with Crippen LogP contribution in [-0.4, -0.2) is 36.1 Å². The number of hydrogen-bond donors (Lipinski definition) is 0. The number of aryl methyl sites for hydroxylation is 1. The van der Waals surface area contributed by atoms with Crippen molar-refractivity contribution in [1.82, 2.24) is 9.88 Å². The number of oxazole rings is 1. The highest BCUT2D eigenvalue weighted by Gasteiger charge is 2.09. The second-order valence-electron chi connectivity index (χ2n) is 3.65. The minimum Gasteiger partial charge on any atom is -0.466 e. The Bertz CT molecular complexity index is 336. The maximum atomic E-state index is 11.1. The van der Waals surface area contributed by atoms with Gasteiger partial charge in [-0.1, -0.05) is 0 Å². The van der Waals surface area contributed by atoms with Crippen LogP contribution in [0, 0.1) is 6.92 Å². The molecule has 0 amide bonds. The van der Waals surface area contributed by atoms with Crippen molar-refractivity contribution in [1.29, 1.82) is 0 Å². The first-order chi connectivity index (χ1) is 7.63. The Hall–Kier alpha value is -1.36. The number of ether oxygens (including phenoxy) is 1. The van der Waals surface area contributed by atoms with E-state index in [-0.39, 0.29) is 5.97 Å². The summed E-state index contributed by atoms with van der Waals surface area (Å²) in [5, 5.41) is 0. The topological polar surface area (TPSA) is 55.6 Å². The lowest BCUT2D eigenvalue weighted by molar-refractivity contribution is -0.143. The summed E-state index contributed by atoms with van der Waals surface area (Å²) in [5.41, 5.74) is 0.909. The molecule has 0 radical (unpaired) electrons. The molecule has 0 aliphatic carbocycles. The number of carbonyl (C=O) groups is 1. The van der Waals surface area contributed by atoms with Crippen LogP contribution in [0.4, 0.5) is 0 Å². The van der Waals surface area contributed by atoms with Crippen molar-refractivity contribution in [3.8, 4) is 0 Å². The molecular weight excluding hydrogens is 208 g/mol. The molecule has 5 nitrogen and oxygen atoms in total. The first-order valence-corrected chi connectivity index (χ1v) is 5.36. The lowest BCUT2D eigenvalue weighted by atomic mass is 10.3. The van der Waals surface area contributed by atoms with Crippen molar-refractivity contribution in [2.45, 2.75) is 26.8 Å². The largest absolute Gasteiger partial charge is 0.466 e. The summed E-state index contributed by atoms with van der Waals surface area (Å²) in [6.07, 6.45) is 1.84. The van der Waals surface area contributed by atoms with Gasteiger partial charge in [0.15, 0.2) is 6.39 Å². The van der Waals surface area contributed by atoms with E-state index in [2.05, 4.69) is 4.98 Å². The number of carbonyl (C=O) groups excluding carboxylic acids is 1. The molecule has 0 N–H and O–H groups in total. The van der Waals surface area contributed by atoms with Gasteiger partial charge < -0.3 is 9.15 Å². The standard InChI is InChI=1S/C11H18N2O3/c1-4-15-11(14)5-6-13(3)7-10-9(2)16-8-12-10/h8H,4-7H2,1-3H3. The molecule has 0 bridgehead atoms. The van der Waals surface area contributed by atoms with Gasteiger partial charge in [-0.25, -0.2) is 4.98 Å². The van der Waals surface area contributed by atoms with Crippen molar-refractivity contribution in [3.05, 3.63) is 17.8 Å². The minimum atomic E-state index is -0.161. The Balaban J connectivity index is 2.28. The maximum Gasteiger partial charge on any atom is 0.307 e. The van der Waals surface area contributed by atoms with Crippen LogP contribution in [-0.2, 0) is 16.1 Å². The van der Waals surface area contributed by atoms with E-state index in [9.17, 15) is 4.79 Å². The average Bonchev–Trinajstić information content (AvgIpc) is 2.62. The van der Waals surface area contributed by atoms with E-state index in [0.717, 1.165) is 11.5 Å². The van der Waals surface area contributed by atoms with Crippen molar-refractivity contribution in [2.75, 3.05) is 20.2 Å². The molecule has 16 heavy (non-hydrogen) atoms. The van der Waals surface area contributed by atoms with Gasteiger partial charge in [0.2, 0.25) is 0 Å². The zero-order valence-corrected chi connectivity index (χ0v) is 10.0.